The van der Waals surface area contributed by atoms with E-state index in [9.17, 15) is 0 Å². The number of aromatic nitrogens is 2. The molecule has 124 valence electrons. The lowest BCUT2D eigenvalue weighted by Crippen LogP contribution is -2.18. The number of aromatic amines is 1. The van der Waals surface area contributed by atoms with Gasteiger partial charge in [-0.05, 0) is 25.2 Å². The smallest absolute Gasteiger partial charge is 0.173 e. The number of imidazole rings is 1. The number of benzene rings is 2. The average molecular weight is 324 g/mol. The predicted octanol–water partition coefficient (Wildman–Crippen LogP) is 3.19. The van der Waals surface area contributed by atoms with Gasteiger partial charge in [0.2, 0.25) is 0 Å². The van der Waals surface area contributed by atoms with Crippen LogP contribution in [0.15, 0.2) is 42.5 Å². The minimum Gasteiger partial charge on any atom is -0.497 e. The van der Waals surface area contributed by atoms with Crippen molar-refractivity contribution in [1.29, 1.82) is 5.41 Å². The van der Waals surface area contributed by atoms with Gasteiger partial charge in [-0.15, -0.1) is 0 Å². The fourth-order valence-corrected chi connectivity index (χ4v) is 2.65. The molecular formula is C18H20N4O2. The lowest BCUT2D eigenvalue weighted by atomic mass is 10.2. The molecule has 2 aromatic carbocycles. The van der Waals surface area contributed by atoms with Gasteiger partial charge in [0, 0.05) is 18.2 Å². The van der Waals surface area contributed by atoms with Crippen LogP contribution in [0, 0.1) is 5.41 Å². The number of nitrogens with one attached hydrogen (secondary N) is 2. The van der Waals surface area contributed by atoms with Crippen molar-refractivity contribution in [3.63, 3.8) is 0 Å². The number of hydrogen-bond acceptors (Lipinski definition) is 5. The second-order valence-corrected chi connectivity index (χ2v) is 5.58. The molecule has 0 bridgehead atoms. The molecule has 0 radical (unpaired) electrons. The molecular weight excluding hydrogens is 304 g/mol. The maximum absolute atomic E-state index is 7.17. The van der Waals surface area contributed by atoms with Gasteiger partial charge in [0.25, 0.3) is 0 Å². The number of para-hydroxylation sites is 2. The highest BCUT2D eigenvalue weighted by atomic mass is 16.5. The van der Waals surface area contributed by atoms with Crippen LogP contribution in [0.25, 0.3) is 11.0 Å². The Hall–Kier alpha value is -2.86. The normalized spacial score (nSPS) is 11.0. The van der Waals surface area contributed by atoms with E-state index in [0.29, 0.717) is 24.6 Å². The molecule has 6 heteroatoms. The van der Waals surface area contributed by atoms with E-state index in [1.165, 1.54) is 0 Å². The Morgan fingerprint density at radius 3 is 2.79 bits per heavy atom. The van der Waals surface area contributed by atoms with Crippen LogP contribution in [-0.4, -0.2) is 35.4 Å². The summed E-state index contributed by atoms with van der Waals surface area (Å²) in [6.07, 6.45) is 0.928. The lowest BCUT2D eigenvalue weighted by Gasteiger charge is -2.17. The minimum atomic E-state index is 0.626. The van der Waals surface area contributed by atoms with E-state index in [1.807, 2.05) is 43.4 Å². The average Bonchev–Trinajstić information content (AvgIpc) is 2.98. The predicted molar refractivity (Wildman–Crippen MR) is 93.7 cm³/mol. The molecule has 0 amide bonds. The summed E-state index contributed by atoms with van der Waals surface area (Å²) >= 11 is 0. The lowest BCUT2D eigenvalue weighted by molar-refractivity contribution is 0.308. The Kier molecular flexibility index (Phi) is 4.77. The zero-order valence-electron chi connectivity index (χ0n) is 13.7. The van der Waals surface area contributed by atoms with Gasteiger partial charge in [0.05, 0.1) is 24.7 Å². The zero-order valence-corrected chi connectivity index (χ0v) is 13.7. The molecule has 0 atom stereocenters. The number of rotatable bonds is 7. The van der Waals surface area contributed by atoms with Gasteiger partial charge < -0.3 is 14.5 Å². The molecule has 0 aliphatic rings. The molecule has 24 heavy (non-hydrogen) atoms. The Balaban J connectivity index is 1.74. The molecule has 3 aromatic rings. The Bertz CT molecular complexity index is 811. The summed E-state index contributed by atoms with van der Waals surface area (Å²) in [5.41, 5.74) is 2.99. The monoisotopic (exact) mass is 324 g/mol. The van der Waals surface area contributed by atoms with Crippen LogP contribution in [-0.2, 0) is 13.1 Å². The van der Waals surface area contributed by atoms with Gasteiger partial charge in [-0.25, -0.2) is 4.98 Å². The summed E-state index contributed by atoms with van der Waals surface area (Å²) in [5.74, 6) is 2.25. The Morgan fingerprint density at radius 2 is 2.04 bits per heavy atom. The summed E-state index contributed by atoms with van der Waals surface area (Å²) in [6.45, 7) is 1.36. The maximum Gasteiger partial charge on any atom is 0.173 e. The maximum atomic E-state index is 7.17. The van der Waals surface area contributed by atoms with Crippen molar-refractivity contribution in [2.45, 2.75) is 13.1 Å². The first-order valence-corrected chi connectivity index (χ1v) is 7.64. The number of nitrogens with zero attached hydrogens (tertiary/aromatic N) is 2. The fourth-order valence-electron chi connectivity index (χ4n) is 2.65. The summed E-state index contributed by atoms with van der Waals surface area (Å²) < 4.78 is 10.5. The van der Waals surface area contributed by atoms with Crippen LogP contribution < -0.4 is 9.47 Å². The SMILES string of the molecule is COc1ccc(CN(C)Cc2nc3ccccc3[nH]2)c(OC=N)c1. The molecule has 3 rings (SSSR count). The van der Waals surface area contributed by atoms with Gasteiger partial charge in [-0.3, -0.25) is 10.3 Å². The highest BCUT2D eigenvalue weighted by Gasteiger charge is 2.11. The largest absolute Gasteiger partial charge is 0.497 e. The Morgan fingerprint density at radius 1 is 1.21 bits per heavy atom. The minimum absolute atomic E-state index is 0.626. The van der Waals surface area contributed by atoms with Crippen LogP contribution in [0.5, 0.6) is 11.5 Å². The van der Waals surface area contributed by atoms with Crippen molar-refractivity contribution in [3.8, 4) is 11.5 Å². The van der Waals surface area contributed by atoms with Gasteiger partial charge in [0.15, 0.2) is 6.40 Å². The molecule has 0 spiro atoms. The van der Waals surface area contributed by atoms with Gasteiger partial charge in [0.1, 0.15) is 17.3 Å². The third-order valence-corrected chi connectivity index (χ3v) is 3.76. The van der Waals surface area contributed by atoms with E-state index in [-0.39, 0.29) is 0 Å². The molecule has 0 aliphatic heterocycles. The van der Waals surface area contributed by atoms with Crippen molar-refractivity contribution in [3.05, 3.63) is 53.9 Å². The van der Waals surface area contributed by atoms with Crippen molar-refractivity contribution >= 4 is 17.4 Å². The van der Waals surface area contributed by atoms with E-state index < -0.39 is 0 Å². The van der Waals surface area contributed by atoms with Crippen molar-refractivity contribution in [2.75, 3.05) is 14.2 Å². The summed E-state index contributed by atoms with van der Waals surface area (Å²) in [7, 11) is 3.63. The number of H-pyrrole nitrogens is 1. The van der Waals surface area contributed by atoms with Crippen LogP contribution >= 0.6 is 0 Å². The molecule has 6 nitrogen and oxygen atoms in total. The third kappa shape index (κ3) is 3.55. The Labute approximate surface area is 140 Å². The van der Waals surface area contributed by atoms with E-state index in [4.69, 9.17) is 14.9 Å². The number of hydrogen-bond donors (Lipinski definition) is 2. The van der Waals surface area contributed by atoms with Crippen LogP contribution in [0.1, 0.15) is 11.4 Å². The van der Waals surface area contributed by atoms with Crippen LogP contribution in [0.3, 0.4) is 0 Å². The highest BCUT2D eigenvalue weighted by molar-refractivity contribution is 5.74. The topological polar surface area (TPSA) is 74.2 Å². The van der Waals surface area contributed by atoms with E-state index >= 15 is 0 Å². The number of ether oxygens (including phenoxy) is 2. The second kappa shape index (κ2) is 7.14. The molecule has 0 aliphatic carbocycles. The zero-order chi connectivity index (χ0) is 16.9. The molecule has 1 aromatic heterocycles. The first-order valence-electron chi connectivity index (χ1n) is 7.64. The first kappa shape index (κ1) is 16.0. The molecule has 1 heterocycles. The quantitative estimate of drug-likeness (QED) is 0.517. The second-order valence-electron chi connectivity index (χ2n) is 5.58. The standard InChI is InChI=1S/C18H20N4O2/c1-22(11-18-20-15-5-3-4-6-16(15)21-18)10-13-7-8-14(23-2)9-17(13)24-12-19/h3-9,12,19H,10-11H2,1-2H3,(H,20,21). The molecule has 0 saturated carbocycles. The molecule has 2 N–H and O–H groups in total. The number of fused-ring (bicyclic) bond motifs is 1. The third-order valence-electron chi connectivity index (χ3n) is 3.76. The van der Waals surface area contributed by atoms with Crippen molar-refractivity contribution < 1.29 is 9.47 Å². The van der Waals surface area contributed by atoms with E-state index in [0.717, 1.165) is 28.8 Å². The molecule has 0 unspecified atom stereocenters. The van der Waals surface area contributed by atoms with Crippen molar-refractivity contribution in [1.82, 2.24) is 14.9 Å². The van der Waals surface area contributed by atoms with Crippen LogP contribution in [0.4, 0.5) is 0 Å². The van der Waals surface area contributed by atoms with Gasteiger partial charge in [-0.2, -0.15) is 0 Å². The summed E-state index contributed by atoms with van der Waals surface area (Å²) in [6, 6.07) is 13.6. The van der Waals surface area contributed by atoms with E-state index in [1.54, 1.807) is 13.2 Å². The van der Waals surface area contributed by atoms with Crippen molar-refractivity contribution in [2.24, 2.45) is 0 Å². The molecule has 0 fully saturated rings. The first-order chi connectivity index (χ1) is 11.7. The van der Waals surface area contributed by atoms with Gasteiger partial charge >= 0.3 is 0 Å². The van der Waals surface area contributed by atoms with Crippen LogP contribution in [0.2, 0.25) is 0 Å². The number of methoxy groups -OCH3 is 1. The van der Waals surface area contributed by atoms with Gasteiger partial charge in [-0.1, -0.05) is 18.2 Å². The summed E-state index contributed by atoms with van der Waals surface area (Å²) in [4.78, 5) is 10.1. The highest BCUT2D eigenvalue weighted by Crippen LogP contribution is 2.26. The van der Waals surface area contributed by atoms with E-state index in [2.05, 4.69) is 14.9 Å². The molecule has 0 saturated heterocycles. The fraction of sp³-hybridized carbons (Fsp3) is 0.222. The summed E-state index contributed by atoms with van der Waals surface area (Å²) in [5, 5.41) is 7.17.